The number of carbonyl (C=O) groups is 3. The molecule has 182 valence electrons. The molecule has 0 aromatic carbocycles. The number of aromatic nitrogens is 3. The lowest BCUT2D eigenvalue weighted by Crippen LogP contribution is -2.70. The van der Waals surface area contributed by atoms with E-state index in [-0.39, 0.29) is 28.2 Å². The average molecular weight is 550 g/mol. The number of H-pyrrole nitrogens is 1. The summed E-state index contributed by atoms with van der Waals surface area (Å²) in [6.07, 6.45) is 0. The van der Waals surface area contributed by atoms with E-state index < -0.39 is 68.1 Å². The highest BCUT2D eigenvalue weighted by Gasteiger charge is 2.54. The van der Waals surface area contributed by atoms with E-state index in [1.807, 2.05) is 0 Å². The van der Waals surface area contributed by atoms with Gasteiger partial charge in [-0.25, -0.2) is 9.78 Å². The predicted octanol–water partition coefficient (Wildman–Crippen LogP) is 0.276. The van der Waals surface area contributed by atoms with Crippen LogP contribution in [0.25, 0.3) is 0 Å². The molecule has 2 atom stereocenters. The highest BCUT2D eigenvalue weighted by atomic mass is 32.2. The first-order valence-electron chi connectivity index (χ1n) is 8.64. The fourth-order valence-corrected chi connectivity index (χ4v) is 6.04. The zero-order valence-electron chi connectivity index (χ0n) is 16.0. The van der Waals surface area contributed by atoms with Gasteiger partial charge in [-0.3, -0.25) is 24.1 Å². The lowest BCUT2D eigenvalue weighted by atomic mass is 10.0. The largest absolute Gasteiger partial charge is 0.477 e. The fourth-order valence-electron chi connectivity index (χ4n) is 2.89. The van der Waals surface area contributed by atoms with Crippen molar-refractivity contribution in [2.24, 2.45) is 0 Å². The second-order valence-corrected chi connectivity index (χ2v) is 11.1. The molecule has 0 saturated carbocycles. The van der Waals surface area contributed by atoms with Crippen LogP contribution in [0.1, 0.15) is 5.82 Å². The van der Waals surface area contributed by atoms with Crippen LogP contribution in [-0.2, 0) is 30.3 Å². The second-order valence-electron chi connectivity index (χ2n) is 6.53. The van der Waals surface area contributed by atoms with Crippen molar-refractivity contribution >= 4 is 63.2 Å². The zero-order valence-corrected chi connectivity index (χ0v) is 19.3. The molecule has 2 aliphatic heterocycles. The SMILES string of the molecule is O=C(CSC(F)(F)F)NC1C(=O)N2C(C(=O)O)=C(CSc3n[nH]c(CS(=O)(=O)O)n3)CS[C@H]12. The van der Waals surface area contributed by atoms with Crippen LogP contribution in [0, 0.1) is 0 Å². The number of carboxylic acids is 1. The van der Waals surface area contributed by atoms with Crippen LogP contribution < -0.4 is 5.32 Å². The van der Waals surface area contributed by atoms with E-state index >= 15 is 0 Å². The molecule has 2 aliphatic rings. The van der Waals surface area contributed by atoms with Crippen molar-refractivity contribution in [3.8, 4) is 0 Å². The molecule has 1 aromatic rings. The standard InChI is InChI=1S/C14H14F3N5O7S4/c15-14(16,17)32-3-7(23)19-8-10(24)22-9(12(25)26)5(1-30-11(8)22)2-31-13-18-6(20-21-13)4-33(27,28)29/h8,11H,1-4H2,(H,19,23)(H,25,26)(H,18,20,21)(H,27,28,29)/t8?,11-/m1/s1. The molecule has 19 heteroatoms. The number of nitrogens with one attached hydrogen (secondary N) is 2. The molecule has 2 amide bonds. The van der Waals surface area contributed by atoms with Gasteiger partial charge in [-0.1, -0.05) is 11.8 Å². The first kappa shape index (κ1) is 25.7. The van der Waals surface area contributed by atoms with Crippen molar-refractivity contribution < 1.29 is 45.6 Å². The number of thioether (sulfide) groups is 3. The van der Waals surface area contributed by atoms with Gasteiger partial charge in [0.1, 0.15) is 28.7 Å². The van der Waals surface area contributed by atoms with Crippen LogP contribution >= 0.6 is 35.3 Å². The number of carbonyl (C=O) groups excluding carboxylic acids is 2. The molecule has 1 aromatic heterocycles. The first-order chi connectivity index (χ1) is 15.2. The van der Waals surface area contributed by atoms with Gasteiger partial charge in [-0.15, -0.1) is 16.9 Å². The van der Waals surface area contributed by atoms with E-state index in [2.05, 4.69) is 20.5 Å². The third-order valence-corrected chi connectivity index (χ3v) is 7.78. The molecule has 3 rings (SSSR count). The number of rotatable bonds is 9. The molecule has 0 spiro atoms. The maximum absolute atomic E-state index is 12.5. The summed E-state index contributed by atoms with van der Waals surface area (Å²) in [4.78, 5) is 40.8. The number of fused-ring (bicyclic) bond motifs is 1. The van der Waals surface area contributed by atoms with Gasteiger partial charge in [0.05, 0.1) is 5.75 Å². The fraction of sp³-hybridized carbons (Fsp3) is 0.500. The first-order valence-corrected chi connectivity index (χ1v) is 13.3. The van der Waals surface area contributed by atoms with Gasteiger partial charge >= 0.3 is 11.5 Å². The number of aliphatic carboxylic acids is 1. The molecule has 4 N–H and O–H groups in total. The molecule has 33 heavy (non-hydrogen) atoms. The van der Waals surface area contributed by atoms with Gasteiger partial charge in [-0.2, -0.15) is 21.6 Å². The molecule has 1 saturated heterocycles. The smallest absolute Gasteiger partial charge is 0.442 e. The van der Waals surface area contributed by atoms with Crippen LogP contribution in [0.4, 0.5) is 13.2 Å². The van der Waals surface area contributed by atoms with Crippen LogP contribution in [0.3, 0.4) is 0 Å². The molecule has 0 radical (unpaired) electrons. The molecule has 3 heterocycles. The number of amides is 2. The molecular formula is C14H14F3N5O7S4. The summed E-state index contributed by atoms with van der Waals surface area (Å²) in [7, 11) is -4.32. The van der Waals surface area contributed by atoms with E-state index in [1.54, 1.807) is 0 Å². The summed E-state index contributed by atoms with van der Waals surface area (Å²) in [5.41, 5.74) is -4.57. The summed E-state index contributed by atoms with van der Waals surface area (Å²) < 4.78 is 67.3. The van der Waals surface area contributed by atoms with Gasteiger partial charge in [-0.05, 0) is 17.3 Å². The number of hydrogen-bond acceptors (Lipinski definition) is 10. The molecule has 1 unspecified atom stereocenters. The topological polar surface area (TPSA) is 183 Å². The zero-order chi connectivity index (χ0) is 24.6. The Morgan fingerprint density at radius 2 is 2.06 bits per heavy atom. The summed E-state index contributed by atoms with van der Waals surface area (Å²) in [5.74, 6) is -4.80. The van der Waals surface area contributed by atoms with E-state index in [0.29, 0.717) is 5.57 Å². The lowest BCUT2D eigenvalue weighted by molar-refractivity contribution is -0.150. The minimum absolute atomic E-state index is 0.0353. The molecular weight excluding hydrogens is 535 g/mol. The molecule has 12 nitrogen and oxygen atoms in total. The molecule has 1 fully saturated rings. The van der Waals surface area contributed by atoms with Gasteiger partial charge in [0.25, 0.3) is 16.0 Å². The Morgan fingerprint density at radius 3 is 2.67 bits per heavy atom. The number of nitrogens with zero attached hydrogens (tertiary/aromatic N) is 3. The number of hydrogen-bond donors (Lipinski definition) is 4. The predicted molar refractivity (Wildman–Crippen MR) is 111 cm³/mol. The second kappa shape index (κ2) is 9.72. The van der Waals surface area contributed by atoms with Crippen LogP contribution in [0.2, 0.25) is 0 Å². The summed E-state index contributed by atoms with van der Waals surface area (Å²) in [6, 6.07) is -1.14. The van der Waals surface area contributed by atoms with E-state index in [4.69, 9.17) is 4.55 Å². The van der Waals surface area contributed by atoms with Crippen molar-refractivity contribution in [1.82, 2.24) is 25.4 Å². The number of halogens is 3. The quantitative estimate of drug-likeness (QED) is 0.188. The van der Waals surface area contributed by atoms with Crippen molar-refractivity contribution in [1.29, 1.82) is 0 Å². The third-order valence-electron chi connectivity index (χ3n) is 4.14. The van der Waals surface area contributed by atoms with E-state index in [1.165, 1.54) is 0 Å². The maximum atomic E-state index is 12.5. The minimum Gasteiger partial charge on any atom is -0.477 e. The van der Waals surface area contributed by atoms with Crippen molar-refractivity contribution in [3.05, 3.63) is 17.1 Å². The van der Waals surface area contributed by atoms with Crippen LogP contribution in [0.15, 0.2) is 16.4 Å². The van der Waals surface area contributed by atoms with Gasteiger partial charge < -0.3 is 10.4 Å². The van der Waals surface area contributed by atoms with Crippen molar-refractivity contribution in [2.75, 3.05) is 17.3 Å². The Morgan fingerprint density at radius 1 is 1.36 bits per heavy atom. The van der Waals surface area contributed by atoms with Gasteiger partial charge in [0.2, 0.25) is 11.1 Å². The Hall–Kier alpha value is -1.96. The average Bonchev–Trinajstić information content (AvgIpc) is 3.12. The van der Waals surface area contributed by atoms with Crippen molar-refractivity contribution in [2.45, 2.75) is 27.8 Å². The number of aromatic amines is 1. The van der Waals surface area contributed by atoms with Gasteiger partial charge in [0, 0.05) is 11.5 Å². The highest BCUT2D eigenvalue weighted by molar-refractivity contribution is 8.01. The van der Waals surface area contributed by atoms with E-state index in [9.17, 15) is 41.1 Å². The Kier molecular flexibility index (Phi) is 7.56. The third kappa shape index (κ3) is 6.55. The van der Waals surface area contributed by atoms with Crippen LogP contribution in [-0.4, -0.2) is 90.1 Å². The summed E-state index contributed by atoms with van der Waals surface area (Å²) in [6.45, 7) is 0. The lowest BCUT2D eigenvalue weighted by Gasteiger charge is -2.49. The van der Waals surface area contributed by atoms with Gasteiger partial charge in [0.15, 0.2) is 0 Å². The Bertz CT molecular complexity index is 1110. The maximum Gasteiger partial charge on any atom is 0.442 e. The number of alkyl halides is 3. The molecule has 0 aliphatic carbocycles. The molecule has 0 bridgehead atoms. The summed E-state index contributed by atoms with van der Waals surface area (Å²) >= 11 is 1.55. The Labute approximate surface area is 196 Å². The van der Waals surface area contributed by atoms with Crippen molar-refractivity contribution in [3.63, 3.8) is 0 Å². The number of β-lactam (4-membered cyclic amide) rings is 1. The monoisotopic (exact) mass is 549 g/mol. The Balaban J connectivity index is 1.65. The summed E-state index contributed by atoms with van der Waals surface area (Å²) in [5, 5.41) is 17.2. The van der Waals surface area contributed by atoms with E-state index in [0.717, 1.165) is 28.4 Å². The highest BCUT2D eigenvalue weighted by Crippen LogP contribution is 2.41. The number of carboxylic acid groups (broad SMARTS) is 1. The minimum atomic E-state index is -4.60. The normalized spacial score (nSPS) is 21.0. The van der Waals surface area contributed by atoms with Crippen LogP contribution in [0.5, 0.6) is 0 Å².